The van der Waals surface area contributed by atoms with Crippen LogP contribution in [-0.2, 0) is 4.79 Å². The van der Waals surface area contributed by atoms with Crippen LogP contribution in [0, 0.1) is 0 Å². The Morgan fingerprint density at radius 3 is 2.69 bits per heavy atom. The number of carbonyl (C=O) groups excluding carboxylic acids is 1. The molecule has 96 valence electrons. The highest BCUT2D eigenvalue weighted by molar-refractivity contribution is 8.00. The number of rotatable bonds is 4. The largest absolute Gasteiger partial charge is 0.442 e. The van der Waals surface area contributed by atoms with Crippen LogP contribution in [0.5, 0.6) is 0 Å². The molecule has 0 saturated carbocycles. The first-order valence-corrected chi connectivity index (χ1v) is 5.67. The van der Waals surface area contributed by atoms with Crippen LogP contribution < -0.4 is 10.6 Å². The minimum absolute atomic E-state index is 0. The molecule has 0 radical (unpaired) electrons. The number of amides is 1. The lowest BCUT2D eigenvalue weighted by Gasteiger charge is -2.11. The Labute approximate surface area is 102 Å². The van der Waals surface area contributed by atoms with Crippen LogP contribution in [0.3, 0.4) is 0 Å². The van der Waals surface area contributed by atoms with E-state index in [9.17, 15) is 18.0 Å². The van der Waals surface area contributed by atoms with Gasteiger partial charge in [0.2, 0.25) is 5.91 Å². The average Bonchev–Trinajstić information content (AvgIpc) is 2.62. The summed E-state index contributed by atoms with van der Waals surface area (Å²) in [6.45, 7) is 1.33. The molecule has 1 heterocycles. The Bertz CT molecular complexity index is 222. The van der Waals surface area contributed by atoms with Gasteiger partial charge in [0.15, 0.2) is 0 Å². The van der Waals surface area contributed by atoms with Gasteiger partial charge in [0.05, 0.1) is 5.75 Å². The van der Waals surface area contributed by atoms with E-state index in [1.807, 2.05) is 0 Å². The van der Waals surface area contributed by atoms with Crippen molar-refractivity contribution in [3.05, 3.63) is 0 Å². The number of thioether (sulfide) groups is 1. The van der Waals surface area contributed by atoms with Gasteiger partial charge < -0.3 is 10.6 Å². The lowest BCUT2D eigenvalue weighted by atomic mass is 10.2. The summed E-state index contributed by atoms with van der Waals surface area (Å²) in [5.74, 6) is -1.12. The molecule has 2 N–H and O–H groups in total. The van der Waals surface area contributed by atoms with Crippen molar-refractivity contribution in [1.29, 1.82) is 0 Å². The maximum atomic E-state index is 11.7. The van der Waals surface area contributed by atoms with Gasteiger partial charge in [-0.05, 0) is 31.1 Å². The molecule has 1 aliphatic heterocycles. The molecule has 1 saturated heterocycles. The maximum Gasteiger partial charge on any atom is 0.442 e. The number of halogens is 4. The van der Waals surface area contributed by atoms with Gasteiger partial charge in [-0.1, -0.05) is 0 Å². The Balaban J connectivity index is 0.00000225. The third-order valence-corrected chi connectivity index (χ3v) is 2.81. The number of hydrogen-bond donors (Lipinski definition) is 2. The molecule has 0 spiro atoms. The van der Waals surface area contributed by atoms with E-state index in [-0.39, 0.29) is 30.2 Å². The van der Waals surface area contributed by atoms with E-state index < -0.39 is 17.2 Å². The molecule has 0 aromatic rings. The molecule has 1 aliphatic rings. The third kappa shape index (κ3) is 7.19. The van der Waals surface area contributed by atoms with Gasteiger partial charge in [-0.2, -0.15) is 13.2 Å². The van der Waals surface area contributed by atoms with Crippen molar-refractivity contribution in [1.82, 2.24) is 10.6 Å². The van der Waals surface area contributed by atoms with Crippen molar-refractivity contribution in [2.75, 3.05) is 18.8 Å². The van der Waals surface area contributed by atoms with E-state index in [0.29, 0.717) is 6.54 Å². The smallest absolute Gasteiger partial charge is 0.354 e. The Kier molecular flexibility index (Phi) is 7.17. The summed E-state index contributed by atoms with van der Waals surface area (Å²) in [7, 11) is 0. The molecular formula is C8H14ClF3N2OS. The highest BCUT2D eigenvalue weighted by atomic mass is 35.5. The minimum Gasteiger partial charge on any atom is -0.354 e. The van der Waals surface area contributed by atoms with Crippen LogP contribution in [0.2, 0.25) is 0 Å². The quantitative estimate of drug-likeness (QED) is 0.819. The van der Waals surface area contributed by atoms with Crippen molar-refractivity contribution in [3.63, 3.8) is 0 Å². The van der Waals surface area contributed by atoms with Gasteiger partial charge >= 0.3 is 5.51 Å². The molecule has 1 rings (SSSR count). The van der Waals surface area contributed by atoms with E-state index in [2.05, 4.69) is 10.6 Å². The van der Waals surface area contributed by atoms with E-state index in [1.165, 1.54) is 0 Å². The summed E-state index contributed by atoms with van der Waals surface area (Å²) in [5.41, 5.74) is -4.33. The van der Waals surface area contributed by atoms with Crippen molar-refractivity contribution in [3.8, 4) is 0 Å². The Morgan fingerprint density at radius 2 is 2.19 bits per heavy atom. The van der Waals surface area contributed by atoms with Gasteiger partial charge in [-0.3, -0.25) is 4.79 Å². The fourth-order valence-corrected chi connectivity index (χ4v) is 1.76. The van der Waals surface area contributed by atoms with Crippen LogP contribution in [0.15, 0.2) is 0 Å². The topological polar surface area (TPSA) is 41.1 Å². The molecule has 0 aliphatic carbocycles. The lowest BCUT2D eigenvalue weighted by Crippen LogP contribution is -2.38. The predicted octanol–water partition coefficient (Wildman–Crippen LogP) is 1.53. The molecular weight excluding hydrogens is 265 g/mol. The standard InChI is InChI=1S/C8H13F3N2OS.ClH/c9-8(10,11)15-5-7(14)13-4-6-2-1-3-12-6;/h6,12H,1-5H2,(H,13,14);1H. The number of alkyl halides is 3. The molecule has 0 aromatic carbocycles. The summed E-state index contributed by atoms with van der Waals surface area (Å²) in [6, 6.07) is 0.213. The number of hydrogen-bond acceptors (Lipinski definition) is 3. The van der Waals surface area contributed by atoms with Crippen molar-refractivity contribution in [2.45, 2.75) is 24.4 Å². The second-order valence-electron chi connectivity index (χ2n) is 3.33. The summed E-state index contributed by atoms with van der Waals surface area (Å²) >= 11 is -0.308. The zero-order valence-corrected chi connectivity index (χ0v) is 10.1. The number of nitrogens with one attached hydrogen (secondary N) is 2. The van der Waals surface area contributed by atoms with E-state index >= 15 is 0 Å². The molecule has 1 unspecified atom stereocenters. The fourth-order valence-electron chi connectivity index (χ4n) is 1.37. The van der Waals surface area contributed by atoms with Crippen molar-refractivity contribution < 1.29 is 18.0 Å². The van der Waals surface area contributed by atoms with E-state index in [0.717, 1.165) is 19.4 Å². The molecule has 0 aromatic heterocycles. The minimum atomic E-state index is -4.33. The first-order valence-electron chi connectivity index (χ1n) is 4.68. The molecule has 3 nitrogen and oxygen atoms in total. The van der Waals surface area contributed by atoms with Crippen molar-refractivity contribution >= 4 is 30.1 Å². The normalized spacial score (nSPS) is 20.3. The molecule has 1 atom stereocenters. The summed E-state index contributed by atoms with van der Waals surface area (Å²) in [4.78, 5) is 11.0. The first kappa shape index (κ1) is 15.9. The highest BCUT2D eigenvalue weighted by Crippen LogP contribution is 2.29. The van der Waals surface area contributed by atoms with Gasteiger partial charge in [0, 0.05) is 12.6 Å². The first-order chi connectivity index (χ1) is 6.97. The molecule has 1 fully saturated rings. The summed E-state index contributed by atoms with van der Waals surface area (Å²) < 4.78 is 35.2. The average molecular weight is 279 g/mol. The second kappa shape index (κ2) is 7.24. The zero-order chi connectivity index (χ0) is 11.3. The van der Waals surface area contributed by atoms with Crippen LogP contribution >= 0.6 is 24.2 Å². The van der Waals surface area contributed by atoms with Crippen LogP contribution in [0.1, 0.15) is 12.8 Å². The van der Waals surface area contributed by atoms with E-state index in [4.69, 9.17) is 0 Å². The lowest BCUT2D eigenvalue weighted by molar-refractivity contribution is -0.118. The van der Waals surface area contributed by atoms with Crippen molar-refractivity contribution in [2.24, 2.45) is 0 Å². The zero-order valence-electron chi connectivity index (χ0n) is 8.47. The Hall–Kier alpha value is -0.140. The second-order valence-corrected chi connectivity index (χ2v) is 4.37. The summed E-state index contributed by atoms with van der Waals surface area (Å²) in [6.07, 6.45) is 2.02. The van der Waals surface area contributed by atoms with E-state index in [1.54, 1.807) is 0 Å². The van der Waals surface area contributed by atoms with Gasteiger partial charge in [0.25, 0.3) is 0 Å². The van der Waals surface area contributed by atoms with Crippen LogP contribution in [0.25, 0.3) is 0 Å². The maximum absolute atomic E-state index is 11.7. The van der Waals surface area contributed by atoms with Crippen LogP contribution in [0.4, 0.5) is 13.2 Å². The van der Waals surface area contributed by atoms with Gasteiger partial charge in [0.1, 0.15) is 0 Å². The van der Waals surface area contributed by atoms with Gasteiger partial charge in [-0.25, -0.2) is 0 Å². The predicted molar refractivity (Wildman–Crippen MR) is 59.8 cm³/mol. The molecule has 0 bridgehead atoms. The molecule has 1 amide bonds. The monoisotopic (exact) mass is 278 g/mol. The SMILES string of the molecule is Cl.O=C(CSC(F)(F)F)NCC1CCCN1. The summed E-state index contributed by atoms with van der Waals surface area (Å²) in [5, 5.41) is 5.62. The fraction of sp³-hybridized carbons (Fsp3) is 0.875. The third-order valence-electron chi connectivity index (χ3n) is 2.07. The molecule has 16 heavy (non-hydrogen) atoms. The van der Waals surface area contributed by atoms with Crippen LogP contribution in [-0.4, -0.2) is 36.3 Å². The molecule has 8 heteroatoms. The highest BCUT2D eigenvalue weighted by Gasteiger charge is 2.29. The Morgan fingerprint density at radius 1 is 1.50 bits per heavy atom. The number of carbonyl (C=O) groups is 1. The van der Waals surface area contributed by atoms with Gasteiger partial charge in [-0.15, -0.1) is 12.4 Å².